The van der Waals surface area contributed by atoms with Gasteiger partial charge in [-0.3, -0.25) is 0 Å². The average molecular weight is 144 g/mol. The molecule has 0 aromatic heterocycles. The second-order valence-corrected chi connectivity index (χ2v) is 3.16. The first-order valence-electron chi connectivity index (χ1n) is 3.89. The van der Waals surface area contributed by atoms with E-state index in [2.05, 4.69) is 5.04 Å². The van der Waals surface area contributed by atoms with Crippen molar-refractivity contribution in [2.75, 3.05) is 6.61 Å². The van der Waals surface area contributed by atoms with Crippen LogP contribution >= 0.6 is 0 Å². The van der Waals surface area contributed by atoms with Crippen LogP contribution in [-0.4, -0.2) is 12.2 Å². The smallest absolute Gasteiger partial charge is 0.133 e. The molecular weight excluding hydrogens is 132 g/mol. The molecule has 1 aliphatic heterocycles. The molecule has 58 valence electrons. The summed E-state index contributed by atoms with van der Waals surface area (Å²) >= 11 is 0. The summed E-state index contributed by atoms with van der Waals surface area (Å²) in [6, 6.07) is 0. The Bertz CT molecular complexity index is 110. The Morgan fingerprint density at radius 1 is 1.00 bits per heavy atom. The zero-order valence-corrected chi connectivity index (χ0v) is 5.97. The highest BCUT2D eigenvalue weighted by molar-refractivity contribution is 4.83. The van der Waals surface area contributed by atoms with Crippen LogP contribution in [0.25, 0.3) is 0 Å². The van der Waals surface area contributed by atoms with Gasteiger partial charge in [-0.05, 0) is 12.8 Å². The zero-order valence-electron chi connectivity index (χ0n) is 5.97. The van der Waals surface area contributed by atoms with Crippen LogP contribution in [0.1, 0.15) is 32.1 Å². The van der Waals surface area contributed by atoms with Crippen molar-refractivity contribution < 1.29 is 14.8 Å². The van der Waals surface area contributed by atoms with Gasteiger partial charge in [0.2, 0.25) is 0 Å². The van der Waals surface area contributed by atoms with E-state index in [0.717, 1.165) is 12.8 Å². The van der Waals surface area contributed by atoms with Crippen LogP contribution in [0.3, 0.4) is 0 Å². The van der Waals surface area contributed by atoms with Crippen molar-refractivity contribution in [3.05, 3.63) is 0 Å². The van der Waals surface area contributed by atoms with Crippen LogP contribution in [-0.2, 0) is 14.8 Å². The van der Waals surface area contributed by atoms with Gasteiger partial charge in [0.15, 0.2) is 0 Å². The van der Waals surface area contributed by atoms with Crippen LogP contribution in [0.4, 0.5) is 0 Å². The van der Waals surface area contributed by atoms with Gasteiger partial charge in [0, 0.05) is 0 Å². The molecule has 0 aromatic carbocycles. The SMILES string of the molecule is C1CCC2(CC1)COOO2. The second kappa shape index (κ2) is 2.49. The van der Waals surface area contributed by atoms with E-state index in [-0.39, 0.29) is 5.60 Å². The molecule has 0 bridgehead atoms. The lowest BCUT2D eigenvalue weighted by atomic mass is 9.86. The highest BCUT2D eigenvalue weighted by Gasteiger charge is 2.39. The Morgan fingerprint density at radius 2 is 1.80 bits per heavy atom. The van der Waals surface area contributed by atoms with Gasteiger partial charge in [0.25, 0.3) is 0 Å². The average Bonchev–Trinajstić information content (AvgIpc) is 2.39. The monoisotopic (exact) mass is 144 g/mol. The summed E-state index contributed by atoms with van der Waals surface area (Å²) in [5.41, 5.74) is -0.0712. The van der Waals surface area contributed by atoms with Crippen LogP contribution < -0.4 is 0 Å². The van der Waals surface area contributed by atoms with E-state index in [0.29, 0.717) is 6.61 Å². The third-order valence-electron chi connectivity index (χ3n) is 2.35. The summed E-state index contributed by atoms with van der Waals surface area (Å²) in [7, 11) is 0. The molecule has 1 spiro atoms. The lowest BCUT2D eigenvalue weighted by molar-refractivity contribution is -0.471. The Labute approximate surface area is 60.1 Å². The highest BCUT2D eigenvalue weighted by atomic mass is 17.5. The maximum absolute atomic E-state index is 5.06. The molecule has 1 saturated carbocycles. The molecular formula is C7H12O3. The van der Waals surface area contributed by atoms with Crippen LogP contribution in [0.5, 0.6) is 0 Å². The Kier molecular flexibility index (Phi) is 1.64. The van der Waals surface area contributed by atoms with E-state index in [4.69, 9.17) is 9.78 Å². The van der Waals surface area contributed by atoms with Gasteiger partial charge in [0.1, 0.15) is 12.2 Å². The second-order valence-electron chi connectivity index (χ2n) is 3.16. The first-order valence-corrected chi connectivity index (χ1v) is 3.89. The summed E-state index contributed by atoms with van der Waals surface area (Å²) in [5, 5.41) is 4.44. The molecule has 3 nitrogen and oxygen atoms in total. The van der Waals surface area contributed by atoms with E-state index in [9.17, 15) is 0 Å². The Balaban J connectivity index is 1.98. The minimum atomic E-state index is -0.0712. The highest BCUT2D eigenvalue weighted by Crippen LogP contribution is 2.35. The molecule has 2 fully saturated rings. The third-order valence-corrected chi connectivity index (χ3v) is 2.35. The van der Waals surface area contributed by atoms with Gasteiger partial charge < -0.3 is 0 Å². The normalized spacial score (nSPS) is 31.2. The predicted octanol–water partition coefficient (Wildman–Crippen LogP) is 1.58. The number of rotatable bonds is 0. The molecule has 0 amide bonds. The van der Waals surface area contributed by atoms with Crippen molar-refractivity contribution in [2.45, 2.75) is 37.7 Å². The summed E-state index contributed by atoms with van der Waals surface area (Å²) in [4.78, 5) is 9.77. The van der Waals surface area contributed by atoms with Crippen LogP contribution in [0.2, 0.25) is 0 Å². The van der Waals surface area contributed by atoms with E-state index in [1.807, 2.05) is 0 Å². The molecule has 1 saturated heterocycles. The Hall–Kier alpha value is -0.120. The standard InChI is InChI=1S/C7H12O3/c1-2-4-7(5-3-1)6-8-10-9-7/h1-6H2. The fourth-order valence-corrected chi connectivity index (χ4v) is 1.68. The van der Waals surface area contributed by atoms with Gasteiger partial charge in [-0.1, -0.05) is 24.3 Å². The van der Waals surface area contributed by atoms with Crippen molar-refractivity contribution in [3.8, 4) is 0 Å². The van der Waals surface area contributed by atoms with Crippen LogP contribution in [0, 0.1) is 0 Å². The summed E-state index contributed by atoms with van der Waals surface area (Å²) in [5.74, 6) is 0. The Morgan fingerprint density at radius 3 is 2.40 bits per heavy atom. The minimum Gasteiger partial charge on any atom is -0.203 e. The molecule has 1 aliphatic carbocycles. The molecule has 10 heavy (non-hydrogen) atoms. The van der Waals surface area contributed by atoms with E-state index < -0.39 is 0 Å². The molecule has 0 N–H and O–H groups in total. The van der Waals surface area contributed by atoms with E-state index in [1.165, 1.54) is 19.3 Å². The van der Waals surface area contributed by atoms with Gasteiger partial charge in [0.05, 0.1) is 0 Å². The van der Waals surface area contributed by atoms with Crippen LogP contribution in [0.15, 0.2) is 0 Å². The van der Waals surface area contributed by atoms with E-state index in [1.54, 1.807) is 0 Å². The van der Waals surface area contributed by atoms with Crippen molar-refractivity contribution in [1.82, 2.24) is 0 Å². The maximum atomic E-state index is 5.06. The summed E-state index contributed by atoms with van der Waals surface area (Å²) in [6.45, 7) is 0.618. The molecule has 2 aliphatic rings. The molecule has 0 radical (unpaired) electrons. The molecule has 0 atom stereocenters. The third kappa shape index (κ3) is 1.05. The van der Waals surface area contributed by atoms with Crippen molar-refractivity contribution >= 4 is 0 Å². The quantitative estimate of drug-likeness (QED) is 0.483. The topological polar surface area (TPSA) is 27.7 Å². The maximum Gasteiger partial charge on any atom is 0.133 e. The largest absolute Gasteiger partial charge is 0.203 e. The van der Waals surface area contributed by atoms with Gasteiger partial charge in [-0.2, -0.15) is 4.89 Å². The van der Waals surface area contributed by atoms with Gasteiger partial charge in [-0.25, -0.2) is 4.89 Å². The molecule has 2 rings (SSSR count). The lowest BCUT2D eigenvalue weighted by Gasteiger charge is -2.27. The first-order chi connectivity index (χ1) is 4.91. The number of hydrogen-bond donors (Lipinski definition) is 0. The molecule has 1 heterocycles. The summed E-state index contributed by atoms with van der Waals surface area (Å²) in [6.07, 6.45) is 5.99. The fourth-order valence-electron chi connectivity index (χ4n) is 1.68. The number of hydrogen-bond acceptors (Lipinski definition) is 3. The van der Waals surface area contributed by atoms with Crippen molar-refractivity contribution in [3.63, 3.8) is 0 Å². The molecule has 3 heteroatoms. The van der Waals surface area contributed by atoms with Crippen molar-refractivity contribution in [1.29, 1.82) is 0 Å². The van der Waals surface area contributed by atoms with Gasteiger partial charge in [-0.15, -0.1) is 0 Å². The predicted molar refractivity (Wildman–Crippen MR) is 33.9 cm³/mol. The zero-order chi connectivity index (χ0) is 6.86. The minimum absolute atomic E-state index is 0.0712. The van der Waals surface area contributed by atoms with Crippen molar-refractivity contribution in [2.24, 2.45) is 0 Å². The summed E-state index contributed by atoms with van der Waals surface area (Å²) < 4.78 is 0. The first kappa shape index (κ1) is 6.58. The van der Waals surface area contributed by atoms with E-state index >= 15 is 0 Å². The molecule has 0 aromatic rings. The lowest BCUT2D eigenvalue weighted by Crippen LogP contribution is -2.33. The fraction of sp³-hybridized carbons (Fsp3) is 1.00. The van der Waals surface area contributed by atoms with Gasteiger partial charge >= 0.3 is 0 Å². The molecule has 0 unspecified atom stereocenters.